The first-order valence-corrected chi connectivity index (χ1v) is 10.3. The summed E-state index contributed by atoms with van der Waals surface area (Å²) in [7, 11) is 0. The van der Waals surface area contributed by atoms with E-state index in [2.05, 4.69) is 39.9 Å². The summed E-state index contributed by atoms with van der Waals surface area (Å²) in [5.41, 5.74) is 1.36. The Balaban J connectivity index is 1.92. The second-order valence-corrected chi connectivity index (χ2v) is 7.92. The van der Waals surface area contributed by atoms with Crippen molar-refractivity contribution < 1.29 is 9.84 Å². The van der Waals surface area contributed by atoms with Crippen molar-refractivity contribution >= 4 is 17.3 Å². The van der Waals surface area contributed by atoms with Crippen LogP contribution in [-0.4, -0.2) is 30.3 Å². The number of ether oxygens (including phenoxy) is 1. The van der Waals surface area contributed by atoms with E-state index in [1.165, 1.54) is 0 Å². The summed E-state index contributed by atoms with van der Waals surface area (Å²) in [6.45, 7) is 10.3. The van der Waals surface area contributed by atoms with Crippen molar-refractivity contribution in [1.29, 1.82) is 0 Å². The summed E-state index contributed by atoms with van der Waals surface area (Å²) >= 11 is 1.55. The summed E-state index contributed by atoms with van der Waals surface area (Å²) in [6, 6.07) is 12.2. The fraction of sp³-hybridized carbons (Fsp3) is 0.476. The Hall–Kier alpha value is -1.89. The number of hydrogen-bond acceptors (Lipinski definition) is 4. The third-order valence-electron chi connectivity index (χ3n) is 4.02. The van der Waals surface area contributed by atoms with Crippen molar-refractivity contribution in [3.8, 4) is 0 Å². The molecular formula is C21H31N3O2S. The molecule has 1 heterocycles. The standard InChI is InChI=1S/C21H31N3O2S/c1-5-22-20(24-15-21(4,25)19-7-6-12-27-19)23-13-17-8-10-18(11-9-17)14-26-16(2)3/h6-12,16,25H,5,13-15H2,1-4H3,(H2,22,23,24). The summed E-state index contributed by atoms with van der Waals surface area (Å²) in [5, 5.41) is 19.1. The van der Waals surface area contributed by atoms with Crippen LogP contribution in [0, 0.1) is 0 Å². The van der Waals surface area contributed by atoms with Gasteiger partial charge in [0.05, 0.1) is 25.8 Å². The fourth-order valence-corrected chi connectivity index (χ4v) is 3.23. The molecule has 0 radical (unpaired) electrons. The first kappa shape index (κ1) is 21.4. The molecule has 1 aromatic carbocycles. The molecule has 148 valence electrons. The molecule has 6 heteroatoms. The molecule has 0 spiro atoms. The average Bonchev–Trinajstić information content (AvgIpc) is 3.19. The van der Waals surface area contributed by atoms with E-state index in [9.17, 15) is 5.11 Å². The van der Waals surface area contributed by atoms with Gasteiger partial charge in [0.1, 0.15) is 5.60 Å². The Morgan fingerprint density at radius 3 is 2.48 bits per heavy atom. The van der Waals surface area contributed by atoms with Crippen molar-refractivity contribution in [2.24, 2.45) is 4.99 Å². The maximum Gasteiger partial charge on any atom is 0.191 e. The van der Waals surface area contributed by atoms with Gasteiger partial charge in [-0.3, -0.25) is 0 Å². The van der Waals surface area contributed by atoms with Crippen molar-refractivity contribution in [3.63, 3.8) is 0 Å². The van der Waals surface area contributed by atoms with E-state index in [-0.39, 0.29) is 6.10 Å². The lowest BCUT2D eigenvalue weighted by Crippen LogP contribution is -2.44. The molecule has 0 aliphatic heterocycles. The Morgan fingerprint density at radius 2 is 1.89 bits per heavy atom. The highest BCUT2D eigenvalue weighted by atomic mass is 32.1. The van der Waals surface area contributed by atoms with Gasteiger partial charge in [-0.05, 0) is 50.3 Å². The predicted molar refractivity (Wildman–Crippen MR) is 113 cm³/mol. The van der Waals surface area contributed by atoms with E-state index in [1.807, 2.05) is 45.2 Å². The summed E-state index contributed by atoms with van der Waals surface area (Å²) in [5.74, 6) is 0.696. The predicted octanol–water partition coefficient (Wildman–Crippen LogP) is 3.64. The van der Waals surface area contributed by atoms with Crippen molar-refractivity contribution in [1.82, 2.24) is 10.6 Å². The number of nitrogens with one attached hydrogen (secondary N) is 2. The Labute approximate surface area is 166 Å². The van der Waals surface area contributed by atoms with Gasteiger partial charge in [-0.25, -0.2) is 4.99 Å². The van der Waals surface area contributed by atoms with Gasteiger partial charge in [0.15, 0.2) is 5.96 Å². The van der Waals surface area contributed by atoms with Crippen LogP contribution in [0.4, 0.5) is 0 Å². The van der Waals surface area contributed by atoms with Crippen LogP contribution < -0.4 is 10.6 Å². The zero-order valence-electron chi connectivity index (χ0n) is 16.7. The van der Waals surface area contributed by atoms with Crippen LogP contribution in [-0.2, 0) is 23.5 Å². The smallest absolute Gasteiger partial charge is 0.191 e. The first-order chi connectivity index (χ1) is 12.9. The normalized spacial score (nSPS) is 14.2. The topological polar surface area (TPSA) is 65.9 Å². The second kappa shape index (κ2) is 10.4. The van der Waals surface area contributed by atoms with Gasteiger partial charge in [-0.2, -0.15) is 0 Å². The SMILES string of the molecule is CCNC(=NCc1ccc(COC(C)C)cc1)NCC(C)(O)c1cccs1. The fourth-order valence-electron chi connectivity index (χ4n) is 2.44. The molecule has 27 heavy (non-hydrogen) atoms. The van der Waals surface area contributed by atoms with Gasteiger partial charge in [0.25, 0.3) is 0 Å². The Bertz CT molecular complexity index is 695. The lowest BCUT2D eigenvalue weighted by Gasteiger charge is -2.23. The van der Waals surface area contributed by atoms with E-state index in [1.54, 1.807) is 11.3 Å². The number of thiophene rings is 1. The van der Waals surface area contributed by atoms with Crippen molar-refractivity contribution in [2.75, 3.05) is 13.1 Å². The van der Waals surface area contributed by atoms with Gasteiger partial charge < -0.3 is 20.5 Å². The number of aliphatic imine (C=N–C) groups is 1. The van der Waals surface area contributed by atoms with Gasteiger partial charge in [0, 0.05) is 11.4 Å². The third-order valence-corrected chi connectivity index (χ3v) is 5.15. The van der Waals surface area contributed by atoms with E-state index < -0.39 is 5.60 Å². The third kappa shape index (κ3) is 7.33. The molecule has 1 aromatic heterocycles. The molecule has 0 bridgehead atoms. The minimum absolute atomic E-state index is 0.231. The molecular weight excluding hydrogens is 358 g/mol. The molecule has 3 N–H and O–H groups in total. The highest BCUT2D eigenvalue weighted by Crippen LogP contribution is 2.24. The number of nitrogens with zero attached hydrogens (tertiary/aromatic N) is 1. The highest BCUT2D eigenvalue weighted by Gasteiger charge is 2.24. The summed E-state index contributed by atoms with van der Waals surface area (Å²) in [6.07, 6.45) is 0.231. The monoisotopic (exact) mass is 389 g/mol. The molecule has 5 nitrogen and oxygen atoms in total. The molecule has 0 amide bonds. The van der Waals surface area contributed by atoms with Crippen LogP contribution in [0.1, 0.15) is 43.7 Å². The molecule has 2 rings (SSSR count). The van der Waals surface area contributed by atoms with Crippen molar-refractivity contribution in [2.45, 2.75) is 52.6 Å². The van der Waals surface area contributed by atoms with Crippen LogP contribution in [0.3, 0.4) is 0 Å². The van der Waals surface area contributed by atoms with E-state index >= 15 is 0 Å². The largest absolute Gasteiger partial charge is 0.383 e. The average molecular weight is 390 g/mol. The van der Waals surface area contributed by atoms with Crippen molar-refractivity contribution in [3.05, 3.63) is 57.8 Å². The Kier molecular flexibility index (Phi) is 8.28. The number of aliphatic hydroxyl groups is 1. The molecule has 0 saturated heterocycles. The van der Waals surface area contributed by atoms with Crippen LogP contribution >= 0.6 is 11.3 Å². The molecule has 0 aliphatic rings. The maximum atomic E-state index is 10.7. The number of guanidine groups is 1. The van der Waals surface area contributed by atoms with E-state index in [4.69, 9.17) is 4.74 Å². The molecule has 1 unspecified atom stereocenters. The first-order valence-electron chi connectivity index (χ1n) is 9.38. The number of hydrogen-bond donors (Lipinski definition) is 3. The molecule has 0 aliphatic carbocycles. The second-order valence-electron chi connectivity index (χ2n) is 6.98. The van der Waals surface area contributed by atoms with Crippen LogP contribution in [0.5, 0.6) is 0 Å². The number of benzene rings is 1. The zero-order chi connectivity index (χ0) is 19.7. The van der Waals surface area contributed by atoms with Gasteiger partial charge in [-0.15, -0.1) is 11.3 Å². The van der Waals surface area contributed by atoms with Crippen LogP contribution in [0.2, 0.25) is 0 Å². The quantitative estimate of drug-likeness (QED) is 0.453. The molecule has 1 atom stereocenters. The Morgan fingerprint density at radius 1 is 1.19 bits per heavy atom. The minimum Gasteiger partial charge on any atom is -0.383 e. The van der Waals surface area contributed by atoms with E-state index in [0.717, 1.165) is 22.5 Å². The lowest BCUT2D eigenvalue weighted by atomic mass is 10.1. The lowest BCUT2D eigenvalue weighted by molar-refractivity contribution is 0.0654. The number of rotatable bonds is 9. The zero-order valence-corrected chi connectivity index (χ0v) is 17.5. The van der Waals surface area contributed by atoms with E-state index in [0.29, 0.717) is 25.7 Å². The molecule has 0 saturated carbocycles. The van der Waals surface area contributed by atoms with Crippen LogP contribution in [0.25, 0.3) is 0 Å². The van der Waals surface area contributed by atoms with Gasteiger partial charge >= 0.3 is 0 Å². The highest BCUT2D eigenvalue weighted by molar-refractivity contribution is 7.10. The van der Waals surface area contributed by atoms with Gasteiger partial charge in [0.2, 0.25) is 0 Å². The van der Waals surface area contributed by atoms with Gasteiger partial charge in [-0.1, -0.05) is 30.3 Å². The summed E-state index contributed by atoms with van der Waals surface area (Å²) in [4.78, 5) is 5.56. The molecule has 2 aromatic rings. The maximum absolute atomic E-state index is 10.7. The summed E-state index contributed by atoms with van der Waals surface area (Å²) < 4.78 is 5.62. The molecule has 0 fully saturated rings. The van der Waals surface area contributed by atoms with Crippen LogP contribution in [0.15, 0.2) is 46.8 Å². The minimum atomic E-state index is -0.928.